The number of rotatable bonds is 4. The lowest BCUT2D eigenvalue weighted by Crippen LogP contribution is -2.15. The van der Waals surface area contributed by atoms with E-state index in [0.717, 1.165) is 0 Å². The lowest BCUT2D eigenvalue weighted by Gasteiger charge is -2.05. The molecule has 0 fully saturated rings. The highest BCUT2D eigenvalue weighted by atomic mass is 32.2. The van der Waals surface area contributed by atoms with Gasteiger partial charge in [-0.05, 0) is 32.0 Å². The molecule has 19 heavy (non-hydrogen) atoms. The maximum atomic E-state index is 11.9. The summed E-state index contributed by atoms with van der Waals surface area (Å²) in [5, 5.41) is 9.04. The molecule has 5 nitrogen and oxygen atoms in total. The number of hydrogen-bond acceptors (Lipinski definition) is 4. The fraction of sp³-hybridized carbons (Fsp3) is 0.308. The smallest absolute Gasteiger partial charge is 0.335 e. The van der Waals surface area contributed by atoms with E-state index in [4.69, 9.17) is 9.52 Å². The van der Waals surface area contributed by atoms with Gasteiger partial charge in [-0.15, -0.1) is 0 Å². The van der Waals surface area contributed by atoms with E-state index < -0.39 is 21.1 Å². The van der Waals surface area contributed by atoms with Crippen LogP contribution in [0.5, 0.6) is 0 Å². The maximum absolute atomic E-state index is 11.9. The zero-order valence-corrected chi connectivity index (χ0v) is 11.4. The van der Waals surface area contributed by atoms with Gasteiger partial charge in [-0.2, -0.15) is 0 Å². The largest absolute Gasteiger partial charge is 0.478 e. The SMILES string of the molecule is CC(C)S(=O)(=O)Cc1coc2cc(C(=O)O)ccc12. The predicted molar refractivity (Wildman–Crippen MR) is 70.9 cm³/mol. The Morgan fingerprint density at radius 2 is 2.05 bits per heavy atom. The summed E-state index contributed by atoms with van der Waals surface area (Å²) in [4.78, 5) is 10.8. The number of aromatic carboxylic acids is 1. The second-order valence-corrected chi connectivity index (χ2v) is 7.19. The zero-order valence-electron chi connectivity index (χ0n) is 10.6. The molecule has 1 N–H and O–H groups in total. The molecule has 0 saturated heterocycles. The topological polar surface area (TPSA) is 84.6 Å². The Morgan fingerprint density at radius 1 is 1.37 bits per heavy atom. The summed E-state index contributed by atoms with van der Waals surface area (Å²) in [7, 11) is -3.22. The molecule has 0 aliphatic rings. The molecule has 0 spiro atoms. The average molecular weight is 282 g/mol. The first kappa shape index (κ1) is 13.6. The molecule has 2 rings (SSSR count). The molecule has 102 valence electrons. The van der Waals surface area contributed by atoms with Crippen molar-refractivity contribution in [3.8, 4) is 0 Å². The fourth-order valence-corrected chi connectivity index (χ4v) is 2.70. The molecule has 0 radical (unpaired) electrons. The van der Waals surface area contributed by atoms with Gasteiger partial charge in [0.1, 0.15) is 5.58 Å². The lowest BCUT2D eigenvalue weighted by atomic mass is 10.1. The van der Waals surface area contributed by atoms with E-state index in [1.165, 1.54) is 18.4 Å². The summed E-state index contributed by atoms with van der Waals surface area (Å²) < 4.78 is 29.0. The van der Waals surface area contributed by atoms with Gasteiger partial charge in [0.25, 0.3) is 0 Å². The van der Waals surface area contributed by atoms with Crippen LogP contribution in [0.25, 0.3) is 11.0 Å². The van der Waals surface area contributed by atoms with Crippen molar-refractivity contribution in [2.24, 2.45) is 0 Å². The molecule has 0 saturated carbocycles. The highest BCUT2D eigenvalue weighted by Crippen LogP contribution is 2.25. The van der Waals surface area contributed by atoms with Gasteiger partial charge in [0.2, 0.25) is 0 Å². The Balaban J connectivity index is 2.45. The van der Waals surface area contributed by atoms with Crippen LogP contribution in [0.3, 0.4) is 0 Å². The molecule has 6 heteroatoms. The van der Waals surface area contributed by atoms with Crippen molar-refractivity contribution in [2.75, 3.05) is 0 Å². The zero-order chi connectivity index (χ0) is 14.2. The molecule has 0 aliphatic heterocycles. The van der Waals surface area contributed by atoms with E-state index >= 15 is 0 Å². The molecule has 0 amide bonds. The Hall–Kier alpha value is -1.82. The summed E-state index contributed by atoms with van der Waals surface area (Å²) in [5.41, 5.74) is 1.05. The molecule has 0 unspecified atom stereocenters. The lowest BCUT2D eigenvalue weighted by molar-refractivity contribution is 0.0697. The quantitative estimate of drug-likeness (QED) is 0.931. The third kappa shape index (κ3) is 2.63. The number of carboxylic acids is 1. The highest BCUT2D eigenvalue weighted by molar-refractivity contribution is 7.91. The summed E-state index contributed by atoms with van der Waals surface area (Å²) in [5.74, 6) is -1.15. The molecule has 0 atom stereocenters. The van der Waals surface area contributed by atoms with Crippen molar-refractivity contribution in [3.05, 3.63) is 35.6 Å². The van der Waals surface area contributed by atoms with E-state index in [-0.39, 0.29) is 11.3 Å². The first-order chi connectivity index (χ1) is 8.81. The van der Waals surface area contributed by atoms with Gasteiger partial charge in [-0.25, -0.2) is 13.2 Å². The van der Waals surface area contributed by atoms with Crippen LogP contribution in [0.2, 0.25) is 0 Å². The first-order valence-electron chi connectivity index (χ1n) is 5.76. The minimum Gasteiger partial charge on any atom is -0.478 e. The van der Waals surface area contributed by atoms with Crippen molar-refractivity contribution < 1.29 is 22.7 Å². The van der Waals surface area contributed by atoms with Gasteiger partial charge in [-0.1, -0.05) is 0 Å². The van der Waals surface area contributed by atoms with Crippen LogP contribution >= 0.6 is 0 Å². The van der Waals surface area contributed by atoms with Crippen LogP contribution in [0.1, 0.15) is 29.8 Å². The van der Waals surface area contributed by atoms with Crippen LogP contribution in [0.15, 0.2) is 28.9 Å². The third-order valence-corrected chi connectivity index (χ3v) is 5.13. The Kier molecular flexibility index (Phi) is 3.36. The minimum atomic E-state index is -3.22. The second-order valence-electron chi connectivity index (χ2n) is 4.63. The van der Waals surface area contributed by atoms with E-state index in [9.17, 15) is 13.2 Å². The van der Waals surface area contributed by atoms with Gasteiger partial charge >= 0.3 is 5.97 Å². The number of hydrogen-bond donors (Lipinski definition) is 1. The van der Waals surface area contributed by atoms with E-state index in [1.54, 1.807) is 19.9 Å². The molecular formula is C13H14O5S. The summed E-state index contributed by atoms with van der Waals surface area (Å²) in [6, 6.07) is 4.41. The van der Waals surface area contributed by atoms with Gasteiger partial charge < -0.3 is 9.52 Å². The number of furan rings is 1. The minimum absolute atomic E-state index is 0.107. The van der Waals surface area contributed by atoms with Crippen molar-refractivity contribution in [2.45, 2.75) is 24.9 Å². The molecule has 1 heterocycles. The van der Waals surface area contributed by atoms with Crippen LogP contribution in [-0.2, 0) is 15.6 Å². The molecular weight excluding hydrogens is 268 g/mol. The molecule has 1 aromatic carbocycles. The second kappa shape index (κ2) is 4.70. The number of carboxylic acid groups (broad SMARTS) is 1. The van der Waals surface area contributed by atoms with Gasteiger partial charge in [0.05, 0.1) is 22.8 Å². The Labute approximate surface area is 110 Å². The van der Waals surface area contributed by atoms with Crippen molar-refractivity contribution in [1.82, 2.24) is 0 Å². The van der Waals surface area contributed by atoms with Gasteiger partial charge in [-0.3, -0.25) is 0 Å². The van der Waals surface area contributed by atoms with Gasteiger partial charge in [0.15, 0.2) is 9.84 Å². The molecule has 1 aromatic heterocycles. The Morgan fingerprint density at radius 3 is 2.63 bits per heavy atom. The van der Waals surface area contributed by atoms with Crippen molar-refractivity contribution in [3.63, 3.8) is 0 Å². The standard InChI is InChI=1S/C13H14O5S/c1-8(2)19(16,17)7-10-6-18-12-5-9(13(14)15)3-4-11(10)12/h3-6,8H,7H2,1-2H3,(H,14,15). The van der Waals surface area contributed by atoms with Crippen LogP contribution in [0, 0.1) is 0 Å². The molecule has 0 bridgehead atoms. The number of carbonyl (C=O) groups is 1. The van der Waals surface area contributed by atoms with E-state index in [2.05, 4.69) is 0 Å². The fourth-order valence-electron chi connectivity index (χ4n) is 1.71. The van der Waals surface area contributed by atoms with Gasteiger partial charge in [0, 0.05) is 10.9 Å². The summed E-state index contributed by atoms with van der Waals surface area (Å²) >= 11 is 0. The highest BCUT2D eigenvalue weighted by Gasteiger charge is 2.20. The number of benzene rings is 1. The normalized spacial score (nSPS) is 12.2. The van der Waals surface area contributed by atoms with Crippen LogP contribution in [0.4, 0.5) is 0 Å². The molecule has 2 aromatic rings. The monoisotopic (exact) mass is 282 g/mol. The summed E-state index contributed by atoms with van der Waals surface area (Å²) in [6.45, 7) is 3.25. The van der Waals surface area contributed by atoms with Crippen LogP contribution in [-0.4, -0.2) is 24.7 Å². The molecule has 0 aliphatic carbocycles. The van der Waals surface area contributed by atoms with Crippen LogP contribution < -0.4 is 0 Å². The summed E-state index contributed by atoms with van der Waals surface area (Å²) in [6.07, 6.45) is 1.37. The first-order valence-corrected chi connectivity index (χ1v) is 7.48. The number of sulfone groups is 1. The van der Waals surface area contributed by atoms with E-state index in [0.29, 0.717) is 16.5 Å². The predicted octanol–water partition coefficient (Wildman–Crippen LogP) is 2.45. The average Bonchev–Trinajstić information content (AvgIpc) is 2.71. The van der Waals surface area contributed by atoms with Crippen molar-refractivity contribution in [1.29, 1.82) is 0 Å². The maximum Gasteiger partial charge on any atom is 0.335 e. The Bertz CT molecular complexity index is 725. The van der Waals surface area contributed by atoms with E-state index in [1.807, 2.05) is 0 Å². The third-order valence-electron chi connectivity index (χ3n) is 2.98. The number of fused-ring (bicyclic) bond motifs is 1. The van der Waals surface area contributed by atoms with Crippen molar-refractivity contribution >= 4 is 26.8 Å².